The molecule has 3 rings (SSSR count). The molecule has 1 aromatic heterocycles. The number of carbonyl (C=O) groups is 2. The highest BCUT2D eigenvalue weighted by Gasteiger charge is 2.27. The zero-order valence-electron chi connectivity index (χ0n) is 18.6. The van der Waals surface area contributed by atoms with Crippen molar-refractivity contribution in [3.8, 4) is 10.6 Å². The molecule has 1 saturated heterocycles. The van der Waals surface area contributed by atoms with Crippen molar-refractivity contribution in [3.05, 3.63) is 40.4 Å². The highest BCUT2D eigenvalue weighted by molar-refractivity contribution is 7.13. The van der Waals surface area contributed by atoms with Crippen LogP contribution >= 0.6 is 22.9 Å². The molecule has 0 spiro atoms. The van der Waals surface area contributed by atoms with Crippen LogP contribution in [0.4, 0.5) is 4.79 Å². The molecule has 1 aliphatic rings. The molecule has 2 aromatic rings. The number of aromatic nitrogens is 1. The molecule has 168 valence electrons. The Morgan fingerprint density at radius 1 is 1.26 bits per heavy atom. The normalized spacial score (nSPS) is 15.1. The minimum absolute atomic E-state index is 0.0926. The van der Waals surface area contributed by atoms with E-state index in [9.17, 15) is 9.59 Å². The molecule has 1 aromatic carbocycles. The number of nitrogens with zero attached hydrogens (tertiary/aromatic N) is 3. The molecule has 0 saturated carbocycles. The number of amides is 2. The van der Waals surface area contributed by atoms with Crippen molar-refractivity contribution in [1.29, 1.82) is 0 Å². The van der Waals surface area contributed by atoms with Gasteiger partial charge in [0, 0.05) is 37.6 Å². The van der Waals surface area contributed by atoms with Crippen molar-refractivity contribution in [2.45, 2.75) is 45.6 Å². The number of hydrogen-bond donors (Lipinski definition) is 0. The average molecular weight is 464 g/mol. The molecule has 1 fully saturated rings. The molecular formula is C23H30ClN3O3S. The van der Waals surface area contributed by atoms with Gasteiger partial charge in [0.15, 0.2) is 0 Å². The van der Waals surface area contributed by atoms with E-state index in [4.69, 9.17) is 16.3 Å². The molecule has 0 aliphatic carbocycles. The summed E-state index contributed by atoms with van der Waals surface area (Å²) in [5, 5.41) is 3.42. The third-order valence-corrected chi connectivity index (χ3v) is 6.45. The summed E-state index contributed by atoms with van der Waals surface area (Å²) < 4.78 is 5.42. The predicted octanol–water partition coefficient (Wildman–Crippen LogP) is 5.11. The van der Waals surface area contributed by atoms with Crippen LogP contribution in [0.25, 0.3) is 10.6 Å². The van der Waals surface area contributed by atoms with E-state index in [0.29, 0.717) is 37.0 Å². The monoisotopic (exact) mass is 463 g/mol. The first-order chi connectivity index (χ1) is 14.6. The van der Waals surface area contributed by atoms with Gasteiger partial charge in [-0.1, -0.05) is 29.8 Å². The van der Waals surface area contributed by atoms with Gasteiger partial charge in [-0.25, -0.2) is 9.78 Å². The highest BCUT2D eigenvalue weighted by atomic mass is 35.5. The molecule has 0 N–H and O–H groups in total. The van der Waals surface area contributed by atoms with E-state index in [2.05, 4.69) is 4.98 Å². The predicted molar refractivity (Wildman–Crippen MR) is 124 cm³/mol. The van der Waals surface area contributed by atoms with Gasteiger partial charge in [0.05, 0.1) is 17.1 Å². The Kier molecular flexibility index (Phi) is 7.59. The number of ether oxygens (including phenoxy) is 1. The molecule has 2 amide bonds. The molecule has 0 radical (unpaired) electrons. The van der Waals surface area contributed by atoms with Gasteiger partial charge in [0.2, 0.25) is 5.91 Å². The molecule has 2 heterocycles. The van der Waals surface area contributed by atoms with Crippen LogP contribution in [-0.2, 0) is 16.0 Å². The topological polar surface area (TPSA) is 62.7 Å². The Labute approximate surface area is 193 Å². The quantitative estimate of drug-likeness (QED) is 0.618. The smallest absolute Gasteiger partial charge is 0.410 e. The lowest BCUT2D eigenvalue weighted by Crippen LogP contribution is -2.43. The van der Waals surface area contributed by atoms with Gasteiger partial charge in [-0.05, 0) is 45.6 Å². The van der Waals surface area contributed by atoms with Crippen molar-refractivity contribution >= 4 is 34.9 Å². The number of rotatable bonds is 5. The number of halogens is 1. The number of piperidine rings is 1. The van der Waals surface area contributed by atoms with Gasteiger partial charge in [-0.2, -0.15) is 0 Å². The first-order valence-corrected chi connectivity index (χ1v) is 11.8. The molecule has 6 nitrogen and oxygen atoms in total. The fraction of sp³-hybridized carbons (Fsp3) is 0.522. The molecule has 0 bridgehead atoms. The Bertz CT molecular complexity index is 917. The maximum absolute atomic E-state index is 12.8. The summed E-state index contributed by atoms with van der Waals surface area (Å²) in [6.45, 7) is 7.64. The lowest BCUT2D eigenvalue weighted by molar-refractivity contribution is -0.132. The Hall–Kier alpha value is -2.12. The van der Waals surface area contributed by atoms with Crippen molar-refractivity contribution < 1.29 is 14.3 Å². The highest BCUT2D eigenvalue weighted by Crippen LogP contribution is 2.30. The third kappa shape index (κ3) is 6.68. The largest absolute Gasteiger partial charge is 0.444 e. The van der Waals surface area contributed by atoms with Crippen LogP contribution in [0.2, 0.25) is 5.02 Å². The summed E-state index contributed by atoms with van der Waals surface area (Å²) in [5.41, 5.74) is 1.17. The number of thiazole rings is 1. The van der Waals surface area contributed by atoms with Crippen molar-refractivity contribution in [1.82, 2.24) is 14.8 Å². The van der Waals surface area contributed by atoms with Gasteiger partial charge in [-0.3, -0.25) is 4.79 Å². The second-order valence-electron chi connectivity index (χ2n) is 8.99. The maximum atomic E-state index is 12.8. The number of carbonyl (C=O) groups excluding carboxylic acids is 2. The Morgan fingerprint density at radius 2 is 1.94 bits per heavy atom. The fourth-order valence-corrected chi connectivity index (χ4v) is 4.72. The van der Waals surface area contributed by atoms with Gasteiger partial charge >= 0.3 is 6.09 Å². The maximum Gasteiger partial charge on any atom is 0.410 e. The standard InChI is InChI=1S/C23H30ClN3O3S/c1-23(2,3)30-22(29)26(4)14-16-9-11-27(12-10-16)20(28)13-17-15-31-21(25-17)18-7-5-6-8-19(18)24/h5-8,15-16H,9-14H2,1-4H3. The van der Waals surface area contributed by atoms with Crippen molar-refractivity contribution in [3.63, 3.8) is 0 Å². The van der Waals surface area contributed by atoms with Crippen molar-refractivity contribution in [2.75, 3.05) is 26.7 Å². The molecular weight excluding hydrogens is 434 g/mol. The SMILES string of the molecule is CN(CC1CCN(C(=O)Cc2csc(-c3ccccc3Cl)n2)CC1)C(=O)OC(C)(C)C. The van der Waals surface area contributed by atoms with Crippen molar-refractivity contribution in [2.24, 2.45) is 5.92 Å². The van der Waals surface area contributed by atoms with Crippen LogP contribution in [0, 0.1) is 5.92 Å². The molecule has 0 unspecified atom stereocenters. The second-order valence-corrected chi connectivity index (χ2v) is 10.3. The number of benzene rings is 1. The van der Waals surface area contributed by atoms with Crippen LogP contribution in [0.5, 0.6) is 0 Å². The zero-order valence-corrected chi connectivity index (χ0v) is 20.1. The first-order valence-electron chi connectivity index (χ1n) is 10.5. The average Bonchev–Trinajstić information content (AvgIpc) is 3.15. The van der Waals surface area contributed by atoms with Gasteiger partial charge in [0.1, 0.15) is 10.6 Å². The van der Waals surface area contributed by atoms with Crippen LogP contribution < -0.4 is 0 Å². The van der Waals surface area contributed by atoms with E-state index in [1.165, 1.54) is 11.3 Å². The number of likely N-dealkylation sites (tertiary alicyclic amines) is 1. The van der Waals surface area contributed by atoms with E-state index >= 15 is 0 Å². The lowest BCUT2D eigenvalue weighted by Gasteiger charge is -2.34. The Morgan fingerprint density at radius 3 is 2.58 bits per heavy atom. The van der Waals surface area contributed by atoms with Crippen LogP contribution in [0.1, 0.15) is 39.3 Å². The van der Waals surface area contributed by atoms with E-state index in [1.54, 1.807) is 11.9 Å². The van der Waals surface area contributed by atoms with Crippen LogP contribution in [-0.4, -0.2) is 59.1 Å². The molecule has 8 heteroatoms. The minimum Gasteiger partial charge on any atom is -0.444 e. The molecule has 0 atom stereocenters. The molecule has 31 heavy (non-hydrogen) atoms. The minimum atomic E-state index is -0.497. The van der Waals surface area contributed by atoms with Gasteiger partial charge in [-0.15, -0.1) is 11.3 Å². The lowest BCUT2D eigenvalue weighted by atomic mass is 9.96. The fourth-order valence-electron chi connectivity index (χ4n) is 3.58. The van der Waals surface area contributed by atoms with Crippen LogP contribution in [0.15, 0.2) is 29.6 Å². The van der Waals surface area contributed by atoms with E-state index in [0.717, 1.165) is 29.1 Å². The van der Waals surface area contributed by atoms with E-state index in [-0.39, 0.29) is 12.0 Å². The number of hydrogen-bond acceptors (Lipinski definition) is 5. The second kappa shape index (κ2) is 10.0. The van der Waals surface area contributed by atoms with Gasteiger partial charge in [0.25, 0.3) is 0 Å². The summed E-state index contributed by atoms with van der Waals surface area (Å²) in [6, 6.07) is 7.59. The van der Waals surface area contributed by atoms with Crippen LogP contribution in [0.3, 0.4) is 0 Å². The Balaban J connectivity index is 1.48. The summed E-state index contributed by atoms with van der Waals surface area (Å²) in [7, 11) is 1.77. The van der Waals surface area contributed by atoms with E-state index in [1.807, 2.05) is 55.3 Å². The summed E-state index contributed by atoms with van der Waals surface area (Å²) in [5.74, 6) is 0.461. The first kappa shape index (κ1) is 23.5. The summed E-state index contributed by atoms with van der Waals surface area (Å²) in [4.78, 5) is 33.1. The summed E-state index contributed by atoms with van der Waals surface area (Å²) >= 11 is 7.76. The summed E-state index contributed by atoms with van der Waals surface area (Å²) in [6.07, 6.45) is 1.74. The third-order valence-electron chi connectivity index (χ3n) is 5.19. The molecule has 1 aliphatic heterocycles. The van der Waals surface area contributed by atoms with Gasteiger partial charge < -0.3 is 14.5 Å². The van der Waals surface area contributed by atoms with E-state index < -0.39 is 5.60 Å². The zero-order chi connectivity index (χ0) is 22.6.